The highest BCUT2D eigenvalue weighted by molar-refractivity contribution is 7.20. The van der Waals surface area contributed by atoms with Crippen molar-refractivity contribution in [3.8, 4) is 0 Å². The number of aliphatic hydroxyl groups is 3. The van der Waals surface area contributed by atoms with Crippen LogP contribution in [0.25, 0.3) is 0 Å². The van der Waals surface area contributed by atoms with Crippen LogP contribution in [-0.4, -0.2) is 44.7 Å². The first kappa shape index (κ1) is 24.4. The summed E-state index contributed by atoms with van der Waals surface area (Å²) < 4.78 is 1.26. The van der Waals surface area contributed by atoms with Gasteiger partial charge in [0.05, 0.1) is 27.0 Å². The average molecular weight is 463 g/mol. The molecule has 5 nitrogen and oxygen atoms in total. The monoisotopic (exact) mass is 462 g/mol. The van der Waals surface area contributed by atoms with Gasteiger partial charge in [0.1, 0.15) is 0 Å². The van der Waals surface area contributed by atoms with E-state index in [1.807, 2.05) is 12.2 Å². The van der Waals surface area contributed by atoms with Gasteiger partial charge in [-0.05, 0) is 49.7 Å². The molecular weight excluding hydrogens is 435 g/mol. The number of hydrogen-bond acceptors (Lipinski definition) is 5. The second-order valence-electron chi connectivity index (χ2n) is 7.45. The molecule has 2 rings (SSSR count). The normalized spacial score (nSPS) is 26.0. The third kappa shape index (κ3) is 8.04. The smallest absolute Gasteiger partial charge is 0.303 e. The zero-order chi connectivity index (χ0) is 21.4. The number of allylic oxidation sites excluding steroid dienone is 2. The average Bonchev–Trinajstić information content (AvgIpc) is 3.11. The number of carboxylic acids is 1. The molecular formula is C21H28Cl2O5S. The first-order chi connectivity index (χ1) is 13.8. The lowest BCUT2D eigenvalue weighted by molar-refractivity contribution is -0.137. The lowest BCUT2D eigenvalue weighted by Gasteiger charge is -2.19. The van der Waals surface area contributed by atoms with Crippen molar-refractivity contribution in [1.82, 2.24) is 0 Å². The van der Waals surface area contributed by atoms with E-state index in [-0.39, 0.29) is 18.3 Å². The molecule has 1 aliphatic carbocycles. The van der Waals surface area contributed by atoms with Crippen molar-refractivity contribution < 1.29 is 25.2 Å². The van der Waals surface area contributed by atoms with Gasteiger partial charge in [0, 0.05) is 18.8 Å². The molecule has 0 radical (unpaired) electrons. The fraction of sp³-hybridized carbons (Fsp3) is 0.571. The van der Waals surface area contributed by atoms with Crippen molar-refractivity contribution in [2.24, 2.45) is 11.8 Å². The Morgan fingerprint density at radius 3 is 2.69 bits per heavy atom. The molecule has 1 aromatic rings. The zero-order valence-electron chi connectivity index (χ0n) is 16.1. The maximum Gasteiger partial charge on any atom is 0.303 e. The lowest BCUT2D eigenvalue weighted by atomic mass is 9.89. The minimum Gasteiger partial charge on any atom is -0.481 e. The summed E-state index contributed by atoms with van der Waals surface area (Å²) in [6.07, 6.45) is 8.80. The summed E-state index contributed by atoms with van der Waals surface area (Å²) in [5.41, 5.74) is 0.913. The maximum atomic E-state index is 10.5. The Morgan fingerprint density at radius 1 is 1.28 bits per heavy atom. The van der Waals surface area contributed by atoms with Gasteiger partial charge in [-0.3, -0.25) is 4.79 Å². The molecule has 1 aromatic heterocycles. The Bertz CT molecular complexity index is 718. The maximum absolute atomic E-state index is 10.5. The minimum absolute atomic E-state index is 0.130. The second-order valence-corrected chi connectivity index (χ2v) is 9.73. The molecule has 162 valence electrons. The highest BCUT2D eigenvalue weighted by Crippen LogP contribution is 2.36. The van der Waals surface area contributed by atoms with E-state index >= 15 is 0 Å². The van der Waals surface area contributed by atoms with Gasteiger partial charge < -0.3 is 20.4 Å². The zero-order valence-corrected chi connectivity index (χ0v) is 18.4. The number of thiophene rings is 1. The molecule has 0 saturated heterocycles. The van der Waals surface area contributed by atoms with Crippen molar-refractivity contribution in [2.45, 2.75) is 63.3 Å². The van der Waals surface area contributed by atoms with Crippen LogP contribution < -0.4 is 0 Å². The third-order valence-electron chi connectivity index (χ3n) is 5.24. The predicted molar refractivity (Wildman–Crippen MR) is 117 cm³/mol. The molecule has 0 spiro atoms. The lowest BCUT2D eigenvalue weighted by Crippen LogP contribution is -2.20. The van der Waals surface area contributed by atoms with Gasteiger partial charge in [-0.1, -0.05) is 47.5 Å². The van der Waals surface area contributed by atoms with Crippen LogP contribution in [0.2, 0.25) is 8.67 Å². The molecule has 29 heavy (non-hydrogen) atoms. The first-order valence-corrected chi connectivity index (χ1v) is 11.4. The molecule has 0 aromatic carbocycles. The quantitative estimate of drug-likeness (QED) is 0.287. The summed E-state index contributed by atoms with van der Waals surface area (Å²) in [6.45, 7) is 0. The first-order valence-electron chi connectivity index (χ1n) is 9.81. The Labute approximate surface area is 185 Å². The minimum atomic E-state index is -0.805. The Balaban J connectivity index is 1.84. The Morgan fingerprint density at radius 2 is 2.03 bits per heavy atom. The molecule has 1 aliphatic rings. The van der Waals surface area contributed by atoms with E-state index in [1.54, 1.807) is 18.2 Å². The van der Waals surface area contributed by atoms with Crippen molar-refractivity contribution in [3.05, 3.63) is 44.6 Å². The van der Waals surface area contributed by atoms with Gasteiger partial charge in [0.15, 0.2) is 0 Å². The van der Waals surface area contributed by atoms with Crippen LogP contribution in [0.3, 0.4) is 0 Å². The molecule has 4 N–H and O–H groups in total. The number of carbonyl (C=O) groups is 1. The van der Waals surface area contributed by atoms with Gasteiger partial charge in [-0.25, -0.2) is 0 Å². The topological polar surface area (TPSA) is 98.0 Å². The number of hydrogen-bond donors (Lipinski definition) is 4. The van der Waals surface area contributed by atoms with Crippen molar-refractivity contribution in [1.29, 1.82) is 0 Å². The van der Waals surface area contributed by atoms with Crippen molar-refractivity contribution in [3.63, 3.8) is 0 Å². The molecule has 1 heterocycles. The molecule has 1 saturated carbocycles. The van der Waals surface area contributed by atoms with Gasteiger partial charge in [-0.15, -0.1) is 11.3 Å². The van der Waals surface area contributed by atoms with E-state index in [4.69, 9.17) is 28.3 Å². The van der Waals surface area contributed by atoms with E-state index in [9.17, 15) is 20.1 Å². The van der Waals surface area contributed by atoms with Crippen LogP contribution in [-0.2, 0) is 11.2 Å². The van der Waals surface area contributed by atoms with Crippen LogP contribution in [0.1, 0.15) is 44.1 Å². The largest absolute Gasteiger partial charge is 0.481 e. The summed E-state index contributed by atoms with van der Waals surface area (Å²) in [4.78, 5) is 10.5. The number of unbranched alkanes of at least 4 members (excludes halogenated alkanes) is 1. The van der Waals surface area contributed by atoms with E-state index in [1.165, 1.54) is 11.3 Å². The summed E-state index contributed by atoms with van der Waals surface area (Å²) in [7, 11) is 0. The van der Waals surface area contributed by atoms with Crippen LogP contribution in [0, 0.1) is 11.8 Å². The van der Waals surface area contributed by atoms with E-state index < -0.39 is 24.3 Å². The van der Waals surface area contributed by atoms with Crippen LogP contribution in [0.15, 0.2) is 30.4 Å². The molecule has 0 amide bonds. The summed E-state index contributed by atoms with van der Waals surface area (Å²) >= 11 is 13.3. The number of aliphatic carboxylic acids is 1. The van der Waals surface area contributed by atoms with Crippen LogP contribution in [0.4, 0.5) is 0 Å². The highest BCUT2D eigenvalue weighted by Gasteiger charge is 2.39. The summed E-state index contributed by atoms with van der Waals surface area (Å²) in [6, 6.07) is 1.81. The fourth-order valence-electron chi connectivity index (χ4n) is 3.65. The molecule has 0 bridgehead atoms. The predicted octanol–water partition coefficient (Wildman–Crippen LogP) is 4.46. The highest BCUT2D eigenvalue weighted by atomic mass is 35.5. The van der Waals surface area contributed by atoms with Gasteiger partial charge >= 0.3 is 5.97 Å². The van der Waals surface area contributed by atoms with Crippen molar-refractivity contribution in [2.75, 3.05) is 0 Å². The number of aliphatic hydroxyl groups excluding tert-OH is 3. The number of carboxylic acid groups (broad SMARTS) is 1. The number of halogens is 2. The third-order valence-corrected chi connectivity index (χ3v) is 6.81. The molecule has 5 atom stereocenters. The van der Waals surface area contributed by atoms with Gasteiger partial charge in [-0.2, -0.15) is 0 Å². The van der Waals surface area contributed by atoms with E-state index in [2.05, 4.69) is 0 Å². The second kappa shape index (κ2) is 12.1. The fourth-order valence-corrected chi connectivity index (χ4v) is 5.19. The summed E-state index contributed by atoms with van der Waals surface area (Å²) in [5, 5.41) is 39.4. The van der Waals surface area contributed by atoms with Gasteiger partial charge in [0.25, 0.3) is 0 Å². The number of aryl methyl sites for hydroxylation is 1. The van der Waals surface area contributed by atoms with Crippen LogP contribution >= 0.6 is 34.5 Å². The van der Waals surface area contributed by atoms with Crippen LogP contribution in [0.5, 0.6) is 0 Å². The molecule has 1 fully saturated rings. The summed E-state index contributed by atoms with van der Waals surface area (Å²) in [5.74, 6) is -1.17. The molecule has 3 unspecified atom stereocenters. The standard InChI is InChI=1S/C21H28Cl2O5S/c22-19-11-13(21(23)29-19)7-8-14(24)9-10-16-15(17(25)12-18(16)26)5-3-1-2-4-6-20(27)28/h1,3,9-11,14-18,24-26H,2,4-8,12H2,(H,27,28)/t14?,15-,16-,17?,18?/m1/s1. The number of rotatable bonds is 11. The molecule has 0 aliphatic heterocycles. The SMILES string of the molecule is O=C(O)CCCC=CC[C@H]1C(O)CC(O)[C@@H]1C=CC(O)CCc1cc(Cl)sc1Cl. The van der Waals surface area contributed by atoms with E-state index in [0.29, 0.717) is 47.2 Å². The Kier molecular flexibility index (Phi) is 10.2. The van der Waals surface area contributed by atoms with Gasteiger partial charge in [0.2, 0.25) is 0 Å². The molecule has 8 heteroatoms. The Hall–Kier alpha value is -0.890. The van der Waals surface area contributed by atoms with Crippen molar-refractivity contribution >= 4 is 40.5 Å². The van der Waals surface area contributed by atoms with E-state index in [0.717, 1.165) is 5.56 Å².